The topological polar surface area (TPSA) is 81.3 Å². The average Bonchev–Trinajstić information content (AvgIpc) is 3.26. The number of guanidine groups is 1. The van der Waals surface area contributed by atoms with Gasteiger partial charge in [0, 0.05) is 26.2 Å². The Morgan fingerprint density at radius 1 is 1.06 bits per heavy atom. The Morgan fingerprint density at radius 2 is 1.81 bits per heavy atom. The minimum Gasteiger partial charge on any atom is -0.495 e. The summed E-state index contributed by atoms with van der Waals surface area (Å²) in [5.41, 5.74) is 8.36. The Labute approximate surface area is 202 Å². The molecule has 7 nitrogen and oxygen atoms in total. The summed E-state index contributed by atoms with van der Waals surface area (Å²) < 4.78 is 16.1. The van der Waals surface area contributed by atoms with Crippen LogP contribution in [0.1, 0.15) is 12.0 Å². The molecule has 0 spiro atoms. The van der Waals surface area contributed by atoms with Crippen molar-refractivity contribution in [1.82, 2.24) is 5.32 Å². The largest absolute Gasteiger partial charge is 0.495 e. The molecule has 3 rings (SSSR count). The van der Waals surface area contributed by atoms with Gasteiger partial charge in [-0.1, -0.05) is 18.2 Å². The van der Waals surface area contributed by atoms with Gasteiger partial charge in [0.1, 0.15) is 5.75 Å². The SMILES string of the molecule is COc1ccc(CCNC(N)=NCC2CCN(c3ccccc3OC)C2)cc1OC.I. The van der Waals surface area contributed by atoms with Gasteiger partial charge < -0.3 is 30.2 Å². The number of benzene rings is 2. The Balaban J connectivity index is 0.00000341. The van der Waals surface area contributed by atoms with E-state index in [1.165, 1.54) is 0 Å². The number of halogens is 1. The van der Waals surface area contributed by atoms with Gasteiger partial charge in [-0.3, -0.25) is 4.99 Å². The van der Waals surface area contributed by atoms with Crippen LogP contribution in [0.5, 0.6) is 17.2 Å². The first-order chi connectivity index (χ1) is 14.6. The summed E-state index contributed by atoms with van der Waals surface area (Å²) in [5, 5.41) is 3.20. The highest BCUT2D eigenvalue weighted by atomic mass is 127. The molecule has 3 N–H and O–H groups in total. The van der Waals surface area contributed by atoms with Crippen LogP contribution >= 0.6 is 24.0 Å². The zero-order chi connectivity index (χ0) is 21.3. The number of para-hydroxylation sites is 2. The molecule has 0 saturated carbocycles. The molecule has 1 atom stereocenters. The minimum absolute atomic E-state index is 0. The number of ether oxygens (including phenoxy) is 3. The van der Waals surface area contributed by atoms with Crippen LogP contribution in [0.15, 0.2) is 47.5 Å². The Hall–Kier alpha value is -2.36. The van der Waals surface area contributed by atoms with E-state index in [0.29, 0.717) is 18.4 Å². The molecule has 0 aliphatic carbocycles. The first-order valence-corrected chi connectivity index (χ1v) is 10.3. The summed E-state index contributed by atoms with van der Waals surface area (Å²) in [6, 6.07) is 14.1. The minimum atomic E-state index is 0. The summed E-state index contributed by atoms with van der Waals surface area (Å²) in [4.78, 5) is 6.91. The quantitative estimate of drug-likeness (QED) is 0.289. The number of aliphatic imine (C=N–C) groups is 1. The van der Waals surface area contributed by atoms with Crippen LogP contribution in [0.25, 0.3) is 0 Å². The molecule has 0 bridgehead atoms. The van der Waals surface area contributed by atoms with Crippen molar-refractivity contribution in [2.24, 2.45) is 16.6 Å². The zero-order valence-electron chi connectivity index (χ0n) is 18.5. The van der Waals surface area contributed by atoms with Crippen molar-refractivity contribution in [1.29, 1.82) is 0 Å². The number of nitrogens with zero attached hydrogens (tertiary/aromatic N) is 2. The van der Waals surface area contributed by atoms with Gasteiger partial charge in [0.2, 0.25) is 0 Å². The lowest BCUT2D eigenvalue weighted by Gasteiger charge is -2.21. The van der Waals surface area contributed by atoms with Crippen molar-refractivity contribution >= 4 is 35.6 Å². The van der Waals surface area contributed by atoms with Crippen molar-refractivity contribution in [2.75, 3.05) is 52.4 Å². The van der Waals surface area contributed by atoms with Crippen molar-refractivity contribution in [2.45, 2.75) is 12.8 Å². The van der Waals surface area contributed by atoms with Crippen LogP contribution in [0.4, 0.5) is 5.69 Å². The highest BCUT2D eigenvalue weighted by Gasteiger charge is 2.24. The number of methoxy groups -OCH3 is 3. The predicted molar refractivity (Wildman–Crippen MR) is 136 cm³/mol. The molecule has 0 aromatic heterocycles. The number of hydrogen-bond acceptors (Lipinski definition) is 5. The second-order valence-corrected chi connectivity index (χ2v) is 7.36. The fraction of sp³-hybridized carbons (Fsp3) is 0.435. The molecule has 170 valence electrons. The van der Waals surface area contributed by atoms with Gasteiger partial charge in [0.25, 0.3) is 0 Å². The summed E-state index contributed by atoms with van der Waals surface area (Å²) in [6.07, 6.45) is 1.92. The summed E-state index contributed by atoms with van der Waals surface area (Å²) in [7, 11) is 4.99. The monoisotopic (exact) mass is 540 g/mol. The molecule has 1 heterocycles. The standard InChI is InChI=1S/C23H32N4O3.HI/c1-28-20-7-5-4-6-19(20)27-13-11-18(16-27)15-26-23(24)25-12-10-17-8-9-21(29-2)22(14-17)30-3;/h4-9,14,18H,10-13,15-16H2,1-3H3,(H3,24,25,26);1H. The summed E-state index contributed by atoms with van der Waals surface area (Å²) >= 11 is 0. The highest BCUT2D eigenvalue weighted by Crippen LogP contribution is 2.32. The van der Waals surface area contributed by atoms with E-state index < -0.39 is 0 Å². The molecular formula is C23H33IN4O3. The van der Waals surface area contributed by atoms with Gasteiger partial charge in [0.15, 0.2) is 17.5 Å². The van der Waals surface area contributed by atoms with Crippen molar-refractivity contribution < 1.29 is 14.2 Å². The van der Waals surface area contributed by atoms with Crippen LogP contribution < -0.4 is 30.2 Å². The highest BCUT2D eigenvalue weighted by molar-refractivity contribution is 14.0. The number of rotatable bonds is 9. The van der Waals surface area contributed by atoms with E-state index in [-0.39, 0.29) is 24.0 Å². The molecule has 1 unspecified atom stereocenters. The van der Waals surface area contributed by atoms with Gasteiger partial charge in [-0.2, -0.15) is 0 Å². The van der Waals surface area contributed by atoms with Crippen LogP contribution in [-0.2, 0) is 6.42 Å². The Kier molecular flexibility index (Phi) is 10.0. The molecular weight excluding hydrogens is 507 g/mol. The van der Waals surface area contributed by atoms with Crippen molar-refractivity contribution in [3.8, 4) is 17.2 Å². The molecule has 1 aliphatic heterocycles. The maximum absolute atomic E-state index is 6.07. The first kappa shape index (κ1) is 24.9. The van der Waals surface area contributed by atoms with Gasteiger partial charge in [-0.25, -0.2) is 0 Å². The van der Waals surface area contributed by atoms with Crippen LogP contribution in [0, 0.1) is 5.92 Å². The fourth-order valence-electron chi connectivity index (χ4n) is 3.75. The third kappa shape index (κ3) is 6.81. The zero-order valence-corrected chi connectivity index (χ0v) is 20.8. The molecule has 0 amide bonds. The molecule has 2 aromatic carbocycles. The van der Waals surface area contributed by atoms with E-state index in [1.54, 1.807) is 21.3 Å². The summed E-state index contributed by atoms with van der Waals surface area (Å²) in [5.74, 6) is 3.36. The predicted octanol–water partition coefficient (Wildman–Crippen LogP) is 3.30. The Morgan fingerprint density at radius 3 is 2.55 bits per heavy atom. The van der Waals surface area contributed by atoms with E-state index >= 15 is 0 Å². The number of hydrogen-bond donors (Lipinski definition) is 2. The van der Waals surface area contributed by atoms with Crippen molar-refractivity contribution in [3.05, 3.63) is 48.0 Å². The number of anilines is 1. The molecule has 8 heteroatoms. The Bertz CT molecular complexity index is 862. The van der Waals surface area contributed by atoms with E-state index in [0.717, 1.165) is 61.0 Å². The molecule has 2 aromatic rings. The van der Waals surface area contributed by atoms with Crippen LogP contribution in [-0.4, -0.2) is 53.5 Å². The molecule has 31 heavy (non-hydrogen) atoms. The maximum Gasteiger partial charge on any atom is 0.188 e. The van der Waals surface area contributed by atoms with Crippen molar-refractivity contribution in [3.63, 3.8) is 0 Å². The molecule has 1 saturated heterocycles. The van der Waals surface area contributed by atoms with Crippen LogP contribution in [0.3, 0.4) is 0 Å². The van der Waals surface area contributed by atoms with Crippen LogP contribution in [0.2, 0.25) is 0 Å². The number of nitrogens with one attached hydrogen (secondary N) is 1. The molecule has 0 radical (unpaired) electrons. The third-order valence-electron chi connectivity index (χ3n) is 5.40. The van der Waals surface area contributed by atoms with E-state index in [2.05, 4.69) is 21.3 Å². The number of nitrogens with two attached hydrogens (primary N) is 1. The summed E-state index contributed by atoms with van der Waals surface area (Å²) in [6.45, 7) is 3.40. The maximum atomic E-state index is 6.07. The second kappa shape index (κ2) is 12.5. The molecule has 1 fully saturated rings. The second-order valence-electron chi connectivity index (χ2n) is 7.36. The van der Waals surface area contributed by atoms with Gasteiger partial charge in [-0.05, 0) is 48.6 Å². The fourth-order valence-corrected chi connectivity index (χ4v) is 3.75. The molecule has 1 aliphatic rings. The average molecular weight is 540 g/mol. The lowest BCUT2D eigenvalue weighted by molar-refractivity contribution is 0.354. The van der Waals surface area contributed by atoms with E-state index in [9.17, 15) is 0 Å². The lowest BCUT2D eigenvalue weighted by atomic mass is 10.1. The normalized spacial score (nSPS) is 15.9. The van der Waals surface area contributed by atoms with Gasteiger partial charge in [0.05, 0.1) is 27.0 Å². The third-order valence-corrected chi connectivity index (χ3v) is 5.40. The van der Waals surface area contributed by atoms with E-state index in [4.69, 9.17) is 19.9 Å². The van der Waals surface area contributed by atoms with E-state index in [1.807, 2.05) is 36.4 Å². The first-order valence-electron chi connectivity index (χ1n) is 10.3. The lowest BCUT2D eigenvalue weighted by Crippen LogP contribution is -2.34. The van der Waals surface area contributed by atoms with Gasteiger partial charge >= 0.3 is 0 Å². The smallest absolute Gasteiger partial charge is 0.188 e. The van der Waals surface area contributed by atoms with Gasteiger partial charge in [-0.15, -0.1) is 24.0 Å².